The lowest BCUT2D eigenvalue weighted by Crippen LogP contribution is -2.38. The van der Waals surface area contributed by atoms with E-state index >= 15 is 0 Å². The lowest BCUT2D eigenvalue weighted by atomic mass is 10.0. The second-order valence-electron chi connectivity index (χ2n) is 5.17. The Kier molecular flexibility index (Phi) is 3.49. The minimum absolute atomic E-state index is 0.272. The average Bonchev–Trinajstić information content (AvgIpc) is 2.87. The number of nitrogens with zero attached hydrogens (tertiary/aromatic N) is 1. The fourth-order valence-corrected chi connectivity index (χ4v) is 3.25. The fourth-order valence-electron chi connectivity index (χ4n) is 2.99. The molecule has 98 valence electrons. The number of hydrogen-bond donors (Lipinski definition) is 1. The van der Waals surface area contributed by atoms with E-state index in [0.29, 0.717) is 4.99 Å². The molecule has 0 spiro atoms. The van der Waals surface area contributed by atoms with Crippen molar-refractivity contribution in [1.82, 2.24) is 4.90 Å². The monoisotopic (exact) mass is 270 g/mol. The van der Waals surface area contributed by atoms with E-state index < -0.39 is 0 Å². The third kappa shape index (κ3) is 2.48. The lowest BCUT2D eigenvalue weighted by molar-refractivity contribution is 0.296. The Morgan fingerprint density at radius 1 is 1.21 bits per heavy atom. The van der Waals surface area contributed by atoms with Gasteiger partial charge in [-0.15, -0.1) is 0 Å². The summed E-state index contributed by atoms with van der Waals surface area (Å²) in [6, 6.07) is 15.3. The van der Waals surface area contributed by atoms with E-state index in [4.69, 9.17) is 18.0 Å². The number of nitrogens with two attached hydrogens (primary N) is 1. The number of fused-ring (bicyclic) bond motifs is 1. The summed E-state index contributed by atoms with van der Waals surface area (Å²) in [5.41, 5.74) is 7.21. The second-order valence-corrected chi connectivity index (χ2v) is 5.64. The Labute approximate surface area is 119 Å². The van der Waals surface area contributed by atoms with E-state index in [0.717, 1.165) is 19.5 Å². The quantitative estimate of drug-likeness (QED) is 0.869. The molecule has 0 radical (unpaired) electrons. The molecule has 0 amide bonds. The van der Waals surface area contributed by atoms with Crippen LogP contribution in [0.15, 0.2) is 42.5 Å². The molecule has 1 heterocycles. The summed E-state index contributed by atoms with van der Waals surface area (Å²) >= 11 is 5.18. The first-order valence-corrected chi connectivity index (χ1v) is 7.16. The number of rotatable bonds is 3. The largest absolute Gasteiger partial charge is 0.392 e. The molecule has 0 aromatic heterocycles. The molecule has 1 saturated heterocycles. The molecular formula is C16H18N2S. The van der Waals surface area contributed by atoms with Crippen LogP contribution in [0, 0.1) is 0 Å². The SMILES string of the molecule is NC(=S)C1CCCN1Cc1cccc2ccccc12. The molecule has 0 bridgehead atoms. The first kappa shape index (κ1) is 12.6. The van der Waals surface area contributed by atoms with Crippen LogP contribution < -0.4 is 5.73 Å². The predicted molar refractivity (Wildman–Crippen MR) is 84.2 cm³/mol. The van der Waals surface area contributed by atoms with Gasteiger partial charge in [0.1, 0.15) is 0 Å². The topological polar surface area (TPSA) is 29.3 Å². The molecule has 3 heteroatoms. The maximum absolute atomic E-state index is 5.84. The zero-order valence-corrected chi connectivity index (χ0v) is 11.7. The summed E-state index contributed by atoms with van der Waals surface area (Å²) in [5.74, 6) is 0. The maximum atomic E-state index is 5.84. The van der Waals surface area contributed by atoms with Gasteiger partial charge in [0.05, 0.1) is 11.0 Å². The van der Waals surface area contributed by atoms with E-state index in [2.05, 4.69) is 47.4 Å². The minimum atomic E-state index is 0.272. The highest BCUT2D eigenvalue weighted by Gasteiger charge is 2.26. The van der Waals surface area contributed by atoms with Gasteiger partial charge in [-0.3, -0.25) is 4.90 Å². The minimum Gasteiger partial charge on any atom is -0.392 e. The third-order valence-corrected chi connectivity index (χ3v) is 4.22. The van der Waals surface area contributed by atoms with Crippen LogP contribution in [-0.4, -0.2) is 22.5 Å². The van der Waals surface area contributed by atoms with Gasteiger partial charge in [-0.25, -0.2) is 0 Å². The second kappa shape index (κ2) is 5.27. The van der Waals surface area contributed by atoms with Gasteiger partial charge in [-0.05, 0) is 35.7 Å². The van der Waals surface area contributed by atoms with Crippen molar-refractivity contribution >= 4 is 28.0 Å². The summed E-state index contributed by atoms with van der Waals surface area (Å²) in [5, 5.41) is 2.63. The van der Waals surface area contributed by atoms with Crippen molar-refractivity contribution < 1.29 is 0 Å². The zero-order chi connectivity index (χ0) is 13.2. The van der Waals surface area contributed by atoms with Crippen molar-refractivity contribution in [2.45, 2.75) is 25.4 Å². The molecular weight excluding hydrogens is 252 g/mol. The smallest absolute Gasteiger partial charge is 0.0902 e. The van der Waals surface area contributed by atoms with Crippen molar-refractivity contribution in [2.75, 3.05) is 6.54 Å². The average molecular weight is 270 g/mol. The highest BCUT2D eigenvalue weighted by molar-refractivity contribution is 7.80. The molecule has 0 aliphatic carbocycles. The third-order valence-electron chi connectivity index (χ3n) is 3.95. The van der Waals surface area contributed by atoms with E-state index in [9.17, 15) is 0 Å². The summed E-state index contributed by atoms with van der Waals surface area (Å²) in [6.45, 7) is 2.02. The molecule has 1 atom stereocenters. The molecule has 2 nitrogen and oxygen atoms in total. The van der Waals surface area contributed by atoms with Crippen LogP contribution in [0.5, 0.6) is 0 Å². The number of thiocarbonyl (C=S) groups is 1. The van der Waals surface area contributed by atoms with E-state index in [1.165, 1.54) is 22.8 Å². The molecule has 1 unspecified atom stereocenters. The number of benzene rings is 2. The highest BCUT2D eigenvalue weighted by Crippen LogP contribution is 2.24. The van der Waals surface area contributed by atoms with Gasteiger partial charge in [-0.1, -0.05) is 54.7 Å². The fraction of sp³-hybridized carbons (Fsp3) is 0.312. The Morgan fingerprint density at radius 2 is 2.00 bits per heavy atom. The van der Waals surface area contributed by atoms with Gasteiger partial charge in [0.15, 0.2) is 0 Å². The normalized spacial score (nSPS) is 19.9. The molecule has 0 saturated carbocycles. The standard InChI is InChI=1S/C16H18N2S/c17-16(19)15-9-4-10-18(15)11-13-7-3-6-12-5-1-2-8-14(12)13/h1-3,5-8,15H,4,9-11H2,(H2,17,19). The molecule has 2 N–H and O–H groups in total. The van der Waals surface area contributed by atoms with Crippen molar-refractivity contribution in [2.24, 2.45) is 5.73 Å². The van der Waals surface area contributed by atoms with Gasteiger partial charge in [0, 0.05) is 6.54 Å². The Morgan fingerprint density at radius 3 is 2.84 bits per heavy atom. The van der Waals surface area contributed by atoms with Crippen LogP contribution in [0.1, 0.15) is 18.4 Å². The Balaban J connectivity index is 1.91. The van der Waals surface area contributed by atoms with E-state index in [1.807, 2.05) is 0 Å². The molecule has 2 aromatic rings. The first-order valence-electron chi connectivity index (χ1n) is 6.76. The number of likely N-dealkylation sites (tertiary alicyclic amines) is 1. The molecule has 19 heavy (non-hydrogen) atoms. The first-order chi connectivity index (χ1) is 9.25. The van der Waals surface area contributed by atoms with Gasteiger partial charge >= 0.3 is 0 Å². The van der Waals surface area contributed by atoms with Gasteiger partial charge in [0.25, 0.3) is 0 Å². The van der Waals surface area contributed by atoms with Gasteiger partial charge < -0.3 is 5.73 Å². The van der Waals surface area contributed by atoms with Gasteiger partial charge in [-0.2, -0.15) is 0 Å². The highest BCUT2D eigenvalue weighted by atomic mass is 32.1. The summed E-state index contributed by atoms with van der Waals surface area (Å²) in [4.78, 5) is 3.04. The van der Waals surface area contributed by atoms with Crippen LogP contribution in [-0.2, 0) is 6.54 Å². The molecule has 3 rings (SSSR count). The van der Waals surface area contributed by atoms with Crippen LogP contribution in [0.2, 0.25) is 0 Å². The Bertz CT molecular complexity index is 603. The molecule has 1 aliphatic heterocycles. The molecule has 1 aliphatic rings. The Hall–Kier alpha value is -1.45. The summed E-state index contributed by atoms with van der Waals surface area (Å²) in [7, 11) is 0. The van der Waals surface area contributed by atoms with Crippen LogP contribution in [0.3, 0.4) is 0 Å². The van der Waals surface area contributed by atoms with Crippen molar-refractivity contribution in [3.8, 4) is 0 Å². The van der Waals surface area contributed by atoms with Crippen molar-refractivity contribution in [3.05, 3.63) is 48.0 Å². The predicted octanol–water partition coefficient (Wildman–Crippen LogP) is 3.09. The van der Waals surface area contributed by atoms with Crippen molar-refractivity contribution in [1.29, 1.82) is 0 Å². The van der Waals surface area contributed by atoms with E-state index in [1.54, 1.807) is 0 Å². The van der Waals surface area contributed by atoms with Gasteiger partial charge in [0.2, 0.25) is 0 Å². The number of hydrogen-bond acceptors (Lipinski definition) is 2. The molecule has 2 aromatic carbocycles. The van der Waals surface area contributed by atoms with Crippen molar-refractivity contribution in [3.63, 3.8) is 0 Å². The van der Waals surface area contributed by atoms with E-state index in [-0.39, 0.29) is 6.04 Å². The lowest BCUT2D eigenvalue weighted by Gasteiger charge is -2.24. The summed E-state index contributed by atoms with van der Waals surface area (Å²) in [6.07, 6.45) is 2.28. The van der Waals surface area contributed by atoms with Crippen LogP contribution in [0.4, 0.5) is 0 Å². The summed E-state index contributed by atoms with van der Waals surface area (Å²) < 4.78 is 0. The zero-order valence-electron chi connectivity index (χ0n) is 10.9. The van der Waals surface area contributed by atoms with Crippen LogP contribution >= 0.6 is 12.2 Å². The van der Waals surface area contributed by atoms with Crippen LogP contribution in [0.25, 0.3) is 10.8 Å². The molecule has 1 fully saturated rings. The maximum Gasteiger partial charge on any atom is 0.0902 e.